The molecule has 8 heteroatoms. The first-order chi connectivity index (χ1) is 12.0. The number of nitrogens with zero attached hydrogens (tertiary/aromatic N) is 3. The lowest BCUT2D eigenvalue weighted by Gasteiger charge is -2.08. The van der Waals surface area contributed by atoms with Crippen LogP contribution in [-0.2, 0) is 11.3 Å². The molecule has 0 spiro atoms. The largest absolute Gasteiger partial charge is 0.324 e. The van der Waals surface area contributed by atoms with E-state index in [0.717, 1.165) is 11.1 Å². The maximum Gasteiger partial charge on any atom is 0.312 e. The second-order valence-electron chi connectivity index (χ2n) is 5.58. The van der Waals surface area contributed by atoms with Crippen molar-refractivity contribution in [2.45, 2.75) is 20.4 Å². The molecule has 0 saturated heterocycles. The highest BCUT2D eigenvalue weighted by molar-refractivity contribution is 7.08. The molecule has 0 unspecified atom stereocenters. The van der Waals surface area contributed by atoms with Gasteiger partial charge in [-0.15, -0.1) is 0 Å². The Hall–Kier alpha value is -3.00. The molecule has 3 aromatic rings. The van der Waals surface area contributed by atoms with Gasteiger partial charge in [-0.05, 0) is 53.9 Å². The molecule has 0 aliphatic carbocycles. The smallest absolute Gasteiger partial charge is 0.312 e. The molecular weight excluding hydrogens is 340 g/mol. The van der Waals surface area contributed by atoms with Gasteiger partial charge in [-0.2, -0.15) is 16.4 Å². The summed E-state index contributed by atoms with van der Waals surface area (Å²) >= 11 is 1.61. The number of rotatable bonds is 5. The van der Waals surface area contributed by atoms with Crippen LogP contribution in [0, 0.1) is 24.0 Å². The predicted octanol–water partition coefficient (Wildman–Crippen LogP) is 3.78. The van der Waals surface area contributed by atoms with Gasteiger partial charge in [0.05, 0.1) is 4.92 Å². The van der Waals surface area contributed by atoms with Crippen molar-refractivity contribution in [1.29, 1.82) is 0 Å². The molecule has 25 heavy (non-hydrogen) atoms. The first-order valence-electron chi connectivity index (χ1n) is 7.56. The van der Waals surface area contributed by atoms with Crippen molar-refractivity contribution < 1.29 is 9.72 Å². The first kappa shape index (κ1) is 16.8. The van der Waals surface area contributed by atoms with Crippen molar-refractivity contribution in [3.05, 3.63) is 62.6 Å². The Morgan fingerprint density at radius 1 is 1.32 bits per heavy atom. The lowest BCUT2D eigenvalue weighted by atomic mass is 10.1. The van der Waals surface area contributed by atoms with Crippen molar-refractivity contribution in [1.82, 2.24) is 9.78 Å². The van der Waals surface area contributed by atoms with E-state index in [1.165, 1.54) is 4.68 Å². The summed E-state index contributed by atoms with van der Waals surface area (Å²) in [5.74, 6) is -0.289. The third-order valence-corrected chi connectivity index (χ3v) is 4.50. The van der Waals surface area contributed by atoms with E-state index in [-0.39, 0.29) is 18.1 Å². The summed E-state index contributed by atoms with van der Waals surface area (Å²) in [6.45, 7) is 3.07. The maximum atomic E-state index is 12.3. The minimum atomic E-state index is -0.476. The van der Waals surface area contributed by atoms with Gasteiger partial charge in [-0.25, -0.2) is 0 Å². The Bertz CT molecular complexity index is 932. The van der Waals surface area contributed by atoms with Crippen molar-refractivity contribution in [2.75, 3.05) is 5.32 Å². The number of hydrogen-bond acceptors (Lipinski definition) is 5. The summed E-state index contributed by atoms with van der Waals surface area (Å²) in [7, 11) is 0. The Morgan fingerprint density at radius 3 is 2.76 bits per heavy atom. The summed E-state index contributed by atoms with van der Waals surface area (Å²) in [5.41, 5.74) is 3.40. The van der Waals surface area contributed by atoms with E-state index in [2.05, 4.69) is 10.4 Å². The molecule has 0 atom stereocenters. The number of carbonyl (C=O) groups is 1. The van der Waals surface area contributed by atoms with Gasteiger partial charge in [0.15, 0.2) is 0 Å². The second kappa shape index (κ2) is 6.86. The molecule has 1 amide bonds. The van der Waals surface area contributed by atoms with Crippen molar-refractivity contribution in [3.63, 3.8) is 0 Å². The quantitative estimate of drug-likeness (QED) is 0.556. The highest BCUT2D eigenvalue weighted by Gasteiger charge is 2.22. The SMILES string of the molecule is Cc1nn(CC(=O)Nc2cccc(-c3ccsc3)c2)c(C)c1[N+](=O)[O-]. The van der Waals surface area contributed by atoms with E-state index in [1.807, 2.05) is 35.0 Å². The van der Waals surface area contributed by atoms with Gasteiger partial charge in [-0.1, -0.05) is 12.1 Å². The van der Waals surface area contributed by atoms with E-state index in [4.69, 9.17) is 0 Å². The fourth-order valence-electron chi connectivity index (χ4n) is 2.65. The van der Waals surface area contributed by atoms with Crippen LogP contribution in [0.5, 0.6) is 0 Å². The fraction of sp³-hybridized carbons (Fsp3) is 0.176. The number of nitro groups is 1. The van der Waals surface area contributed by atoms with Crippen LogP contribution in [0.3, 0.4) is 0 Å². The average Bonchev–Trinajstić information content (AvgIpc) is 3.16. The number of aromatic nitrogens is 2. The molecule has 7 nitrogen and oxygen atoms in total. The number of thiophene rings is 1. The van der Waals surface area contributed by atoms with Gasteiger partial charge in [0, 0.05) is 5.69 Å². The van der Waals surface area contributed by atoms with Gasteiger partial charge in [0.1, 0.15) is 17.9 Å². The molecule has 0 bridgehead atoms. The van der Waals surface area contributed by atoms with Gasteiger partial charge in [0.2, 0.25) is 5.91 Å². The van der Waals surface area contributed by atoms with Gasteiger partial charge < -0.3 is 5.32 Å². The topological polar surface area (TPSA) is 90.1 Å². The lowest BCUT2D eigenvalue weighted by Crippen LogP contribution is -2.20. The molecule has 0 aliphatic heterocycles. The summed E-state index contributed by atoms with van der Waals surface area (Å²) in [6, 6.07) is 9.56. The molecule has 128 valence electrons. The van der Waals surface area contributed by atoms with E-state index >= 15 is 0 Å². The minimum Gasteiger partial charge on any atom is -0.324 e. The highest BCUT2D eigenvalue weighted by Crippen LogP contribution is 2.25. The normalized spacial score (nSPS) is 10.6. The Morgan fingerprint density at radius 2 is 2.12 bits per heavy atom. The molecule has 0 fully saturated rings. The number of amides is 1. The van der Waals surface area contributed by atoms with Gasteiger partial charge in [0.25, 0.3) is 0 Å². The molecule has 0 radical (unpaired) electrons. The van der Waals surface area contributed by atoms with E-state index < -0.39 is 4.92 Å². The van der Waals surface area contributed by atoms with Crippen molar-refractivity contribution in [3.8, 4) is 11.1 Å². The fourth-order valence-corrected chi connectivity index (χ4v) is 3.31. The minimum absolute atomic E-state index is 0.0488. The molecule has 2 aromatic heterocycles. The van der Waals surface area contributed by atoms with Crippen molar-refractivity contribution >= 4 is 28.6 Å². The van der Waals surface area contributed by atoms with Crippen LogP contribution in [0.4, 0.5) is 11.4 Å². The zero-order valence-electron chi connectivity index (χ0n) is 13.7. The zero-order valence-corrected chi connectivity index (χ0v) is 14.5. The average molecular weight is 356 g/mol. The molecule has 2 heterocycles. The van der Waals surface area contributed by atoms with Crippen LogP contribution in [0.15, 0.2) is 41.1 Å². The molecule has 0 aliphatic rings. The number of hydrogen-bond donors (Lipinski definition) is 1. The van der Waals surface area contributed by atoms with Crippen LogP contribution >= 0.6 is 11.3 Å². The molecular formula is C17H16N4O3S. The summed E-state index contributed by atoms with van der Waals surface area (Å²) in [5, 5.41) is 22.0. The molecule has 3 rings (SSSR count). The van der Waals surface area contributed by atoms with Crippen molar-refractivity contribution in [2.24, 2.45) is 0 Å². The van der Waals surface area contributed by atoms with Crippen LogP contribution in [0.1, 0.15) is 11.4 Å². The number of benzene rings is 1. The zero-order chi connectivity index (χ0) is 18.0. The summed E-state index contributed by atoms with van der Waals surface area (Å²) in [4.78, 5) is 22.8. The second-order valence-corrected chi connectivity index (χ2v) is 6.36. The standard InChI is InChI=1S/C17H16N4O3S/c1-11-17(21(23)24)12(2)20(19-11)9-16(22)18-15-5-3-4-13(8-15)14-6-7-25-10-14/h3-8,10H,9H2,1-2H3,(H,18,22). The predicted molar refractivity (Wildman–Crippen MR) is 96.7 cm³/mol. The third kappa shape index (κ3) is 3.58. The van der Waals surface area contributed by atoms with E-state index in [0.29, 0.717) is 17.1 Å². The highest BCUT2D eigenvalue weighted by atomic mass is 32.1. The van der Waals surface area contributed by atoms with Gasteiger partial charge >= 0.3 is 5.69 Å². The number of carbonyl (C=O) groups excluding carboxylic acids is 1. The Labute approximate surface area is 148 Å². The number of anilines is 1. The van der Waals surface area contributed by atoms with Crippen LogP contribution < -0.4 is 5.32 Å². The first-order valence-corrected chi connectivity index (χ1v) is 8.51. The van der Waals surface area contributed by atoms with Crippen LogP contribution in [0.2, 0.25) is 0 Å². The van der Waals surface area contributed by atoms with E-state index in [1.54, 1.807) is 31.3 Å². The molecule has 0 saturated carbocycles. The summed E-state index contributed by atoms with van der Waals surface area (Å²) < 4.78 is 1.35. The summed E-state index contributed by atoms with van der Waals surface area (Å²) in [6.07, 6.45) is 0. The molecule has 1 N–H and O–H groups in total. The monoisotopic (exact) mass is 356 g/mol. The maximum absolute atomic E-state index is 12.3. The number of aryl methyl sites for hydroxylation is 1. The Balaban J connectivity index is 1.75. The lowest BCUT2D eigenvalue weighted by molar-refractivity contribution is -0.386. The van der Waals surface area contributed by atoms with Crippen LogP contribution in [0.25, 0.3) is 11.1 Å². The molecule has 1 aromatic carbocycles. The van der Waals surface area contributed by atoms with Gasteiger partial charge in [-0.3, -0.25) is 19.6 Å². The Kier molecular flexibility index (Phi) is 4.62. The third-order valence-electron chi connectivity index (χ3n) is 3.82. The van der Waals surface area contributed by atoms with Crippen LogP contribution in [-0.4, -0.2) is 20.6 Å². The number of nitrogens with one attached hydrogen (secondary N) is 1. The van der Waals surface area contributed by atoms with E-state index in [9.17, 15) is 14.9 Å².